The molecule has 2 heterocycles. The lowest BCUT2D eigenvalue weighted by Crippen LogP contribution is -2.26. The van der Waals surface area contributed by atoms with Crippen molar-refractivity contribution in [1.82, 2.24) is 15.1 Å². The lowest BCUT2D eigenvalue weighted by molar-refractivity contribution is -0.137. The van der Waals surface area contributed by atoms with Gasteiger partial charge in [0.1, 0.15) is 6.23 Å². The average Bonchev–Trinajstić information content (AvgIpc) is 3.18. The van der Waals surface area contributed by atoms with Crippen LogP contribution in [0.15, 0.2) is 30.5 Å². The van der Waals surface area contributed by atoms with Gasteiger partial charge in [-0.3, -0.25) is 9.59 Å². The van der Waals surface area contributed by atoms with Crippen LogP contribution in [0, 0.1) is 11.3 Å². The van der Waals surface area contributed by atoms with Gasteiger partial charge in [0.05, 0.1) is 29.9 Å². The van der Waals surface area contributed by atoms with Crippen molar-refractivity contribution >= 4 is 17.5 Å². The van der Waals surface area contributed by atoms with E-state index in [0.717, 1.165) is 37.1 Å². The van der Waals surface area contributed by atoms with E-state index in [0.29, 0.717) is 13.0 Å². The maximum absolute atomic E-state index is 12.7. The van der Waals surface area contributed by atoms with Crippen LogP contribution >= 0.6 is 0 Å². The molecule has 2 amide bonds. The van der Waals surface area contributed by atoms with Crippen molar-refractivity contribution in [3.8, 4) is 6.07 Å². The number of amides is 2. The molecule has 31 heavy (non-hydrogen) atoms. The Morgan fingerprint density at radius 1 is 1.23 bits per heavy atom. The first-order valence-electron chi connectivity index (χ1n) is 9.64. The van der Waals surface area contributed by atoms with Gasteiger partial charge in [-0.15, -0.1) is 0 Å². The molecule has 3 rings (SSSR count). The SMILES string of the molecule is N#CCCNC(=O)c1nn(C2CCCCO2)cc1NC(=O)c1ccc(C(F)(F)F)cc1. The van der Waals surface area contributed by atoms with Crippen LogP contribution in [0.5, 0.6) is 0 Å². The van der Waals surface area contributed by atoms with Crippen molar-refractivity contribution < 1.29 is 27.5 Å². The molecule has 2 aromatic rings. The van der Waals surface area contributed by atoms with Gasteiger partial charge >= 0.3 is 6.18 Å². The van der Waals surface area contributed by atoms with Crippen molar-refractivity contribution in [2.75, 3.05) is 18.5 Å². The van der Waals surface area contributed by atoms with Crippen molar-refractivity contribution in [1.29, 1.82) is 5.26 Å². The summed E-state index contributed by atoms with van der Waals surface area (Å²) in [5.74, 6) is -1.28. The lowest BCUT2D eigenvalue weighted by atomic mass is 10.1. The number of rotatable bonds is 6. The van der Waals surface area contributed by atoms with Gasteiger partial charge in [-0.25, -0.2) is 4.68 Å². The molecule has 1 unspecified atom stereocenters. The van der Waals surface area contributed by atoms with Crippen molar-refractivity contribution in [2.45, 2.75) is 38.1 Å². The number of ether oxygens (including phenoxy) is 1. The van der Waals surface area contributed by atoms with E-state index in [9.17, 15) is 22.8 Å². The number of carbonyl (C=O) groups excluding carboxylic acids is 2. The zero-order valence-electron chi connectivity index (χ0n) is 16.4. The zero-order chi connectivity index (χ0) is 22.4. The van der Waals surface area contributed by atoms with E-state index in [1.165, 1.54) is 10.9 Å². The third-order valence-electron chi connectivity index (χ3n) is 4.64. The number of nitriles is 1. The average molecular weight is 435 g/mol. The van der Waals surface area contributed by atoms with E-state index < -0.39 is 29.8 Å². The van der Waals surface area contributed by atoms with Gasteiger partial charge in [0.25, 0.3) is 11.8 Å². The smallest absolute Gasteiger partial charge is 0.357 e. The summed E-state index contributed by atoms with van der Waals surface area (Å²) >= 11 is 0. The van der Waals surface area contributed by atoms with Crippen LogP contribution in [-0.2, 0) is 10.9 Å². The second kappa shape index (κ2) is 9.61. The highest BCUT2D eigenvalue weighted by atomic mass is 19.4. The van der Waals surface area contributed by atoms with E-state index in [-0.39, 0.29) is 29.9 Å². The molecule has 1 atom stereocenters. The van der Waals surface area contributed by atoms with Gasteiger partial charge in [0.15, 0.2) is 5.69 Å². The van der Waals surface area contributed by atoms with Gasteiger partial charge in [-0.05, 0) is 43.5 Å². The van der Waals surface area contributed by atoms with Crippen LogP contribution in [0.25, 0.3) is 0 Å². The highest BCUT2D eigenvalue weighted by Crippen LogP contribution is 2.29. The van der Waals surface area contributed by atoms with Crippen LogP contribution in [0.3, 0.4) is 0 Å². The summed E-state index contributed by atoms with van der Waals surface area (Å²) in [7, 11) is 0. The molecule has 1 fully saturated rings. The molecule has 1 aromatic carbocycles. The van der Waals surface area contributed by atoms with Crippen LogP contribution in [0.1, 0.15) is 58.3 Å². The molecule has 164 valence electrons. The fourth-order valence-electron chi connectivity index (χ4n) is 3.05. The van der Waals surface area contributed by atoms with E-state index in [2.05, 4.69) is 15.7 Å². The first kappa shape index (κ1) is 22.3. The summed E-state index contributed by atoms with van der Waals surface area (Å²) in [5, 5.41) is 17.9. The molecule has 1 aliphatic rings. The number of nitrogens with one attached hydrogen (secondary N) is 2. The fourth-order valence-corrected chi connectivity index (χ4v) is 3.05. The predicted molar refractivity (Wildman–Crippen MR) is 103 cm³/mol. The molecule has 0 bridgehead atoms. The Kier molecular flexibility index (Phi) is 6.91. The van der Waals surface area contributed by atoms with Crippen LogP contribution < -0.4 is 10.6 Å². The number of alkyl halides is 3. The molecular weight excluding hydrogens is 415 g/mol. The highest BCUT2D eigenvalue weighted by molar-refractivity contribution is 6.08. The summed E-state index contributed by atoms with van der Waals surface area (Å²) in [6.07, 6.45) is -0.828. The largest absolute Gasteiger partial charge is 0.416 e. The number of hydrogen-bond donors (Lipinski definition) is 2. The number of aromatic nitrogens is 2. The standard InChI is InChI=1S/C20H20F3N5O3/c21-20(22,23)14-7-5-13(6-8-14)18(29)26-15-12-28(16-4-1-2-11-31-16)27-17(15)19(30)25-10-3-9-24/h5-8,12,16H,1-4,10-11H2,(H,25,30)(H,26,29). The fraction of sp³-hybridized carbons (Fsp3) is 0.400. The molecule has 0 aliphatic carbocycles. The van der Waals surface area contributed by atoms with Gasteiger partial charge in [0.2, 0.25) is 0 Å². The zero-order valence-corrected chi connectivity index (χ0v) is 16.4. The van der Waals surface area contributed by atoms with Crippen molar-refractivity contribution in [3.05, 3.63) is 47.3 Å². The number of hydrogen-bond acceptors (Lipinski definition) is 5. The maximum atomic E-state index is 12.7. The molecule has 1 saturated heterocycles. The maximum Gasteiger partial charge on any atom is 0.416 e. The van der Waals surface area contributed by atoms with Crippen LogP contribution in [0.2, 0.25) is 0 Å². The number of anilines is 1. The molecule has 0 radical (unpaired) electrons. The Hall–Kier alpha value is -3.39. The second-order valence-corrected chi connectivity index (χ2v) is 6.89. The predicted octanol–water partition coefficient (Wildman–Crippen LogP) is 3.50. The van der Waals surface area contributed by atoms with Gasteiger partial charge in [0, 0.05) is 18.7 Å². The van der Waals surface area contributed by atoms with E-state index in [4.69, 9.17) is 10.00 Å². The lowest BCUT2D eigenvalue weighted by Gasteiger charge is -2.22. The topological polar surface area (TPSA) is 109 Å². The first-order valence-corrected chi connectivity index (χ1v) is 9.64. The van der Waals surface area contributed by atoms with Gasteiger partial charge in [-0.1, -0.05) is 0 Å². The Bertz CT molecular complexity index is 973. The van der Waals surface area contributed by atoms with E-state index in [1.54, 1.807) is 0 Å². The Balaban J connectivity index is 1.82. The molecule has 0 saturated carbocycles. The summed E-state index contributed by atoms with van der Waals surface area (Å²) in [6.45, 7) is 0.649. The summed E-state index contributed by atoms with van der Waals surface area (Å²) < 4.78 is 45.3. The normalized spacial score (nSPS) is 16.4. The first-order chi connectivity index (χ1) is 14.8. The van der Waals surface area contributed by atoms with E-state index in [1.807, 2.05) is 6.07 Å². The molecule has 0 spiro atoms. The van der Waals surface area contributed by atoms with E-state index >= 15 is 0 Å². The molecule has 8 nitrogen and oxygen atoms in total. The highest BCUT2D eigenvalue weighted by Gasteiger charge is 2.30. The summed E-state index contributed by atoms with van der Waals surface area (Å²) in [6, 6.07) is 5.63. The number of nitrogens with zero attached hydrogens (tertiary/aromatic N) is 3. The minimum Gasteiger partial charge on any atom is -0.357 e. The van der Waals surface area contributed by atoms with Crippen LogP contribution in [-0.4, -0.2) is 34.7 Å². The van der Waals surface area contributed by atoms with Gasteiger partial charge in [-0.2, -0.15) is 23.5 Å². The third kappa shape index (κ3) is 5.61. The number of benzene rings is 1. The molecule has 1 aliphatic heterocycles. The van der Waals surface area contributed by atoms with Crippen molar-refractivity contribution in [3.63, 3.8) is 0 Å². The van der Waals surface area contributed by atoms with Crippen LogP contribution in [0.4, 0.5) is 18.9 Å². The summed E-state index contributed by atoms with van der Waals surface area (Å²) in [5.41, 5.74) is -0.865. The number of carbonyl (C=O) groups is 2. The monoisotopic (exact) mass is 435 g/mol. The Morgan fingerprint density at radius 3 is 2.58 bits per heavy atom. The minimum atomic E-state index is -4.51. The third-order valence-corrected chi connectivity index (χ3v) is 4.64. The van der Waals surface area contributed by atoms with Crippen molar-refractivity contribution in [2.24, 2.45) is 0 Å². The Morgan fingerprint density at radius 2 is 1.97 bits per heavy atom. The molecular formula is C20H20F3N5O3. The summed E-state index contributed by atoms with van der Waals surface area (Å²) in [4.78, 5) is 25.1. The molecule has 1 aromatic heterocycles. The molecule has 11 heteroatoms. The molecule has 2 N–H and O–H groups in total. The minimum absolute atomic E-state index is 0.00879. The number of halogens is 3. The second-order valence-electron chi connectivity index (χ2n) is 6.89. The van der Waals surface area contributed by atoms with Gasteiger partial charge < -0.3 is 15.4 Å². The quantitative estimate of drug-likeness (QED) is 0.675. The Labute approximate surface area is 176 Å².